The van der Waals surface area contributed by atoms with Crippen molar-refractivity contribution in [1.29, 1.82) is 0 Å². The van der Waals surface area contributed by atoms with Crippen molar-refractivity contribution in [3.05, 3.63) is 28.6 Å². The molecule has 4 nitrogen and oxygen atoms in total. The highest BCUT2D eigenvalue weighted by Gasteiger charge is 2.32. The van der Waals surface area contributed by atoms with Crippen molar-refractivity contribution in [3.8, 4) is 0 Å². The Bertz CT molecular complexity index is 695. The lowest BCUT2D eigenvalue weighted by atomic mass is 10.1. The van der Waals surface area contributed by atoms with Crippen LogP contribution >= 0.6 is 11.3 Å². The third kappa shape index (κ3) is 2.30. The van der Waals surface area contributed by atoms with Crippen molar-refractivity contribution >= 4 is 33.0 Å². The molecular weight excluding hydrogens is 284 g/mol. The molecule has 1 aliphatic heterocycles. The fraction of sp³-hybridized carbons (Fsp3) is 0.438. The Balaban J connectivity index is 1.98. The van der Waals surface area contributed by atoms with Crippen molar-refractivity contribution in [2.45, 2.75) is 32.4 Å². The summed E-state index contributed by atoms with van der Waals surface area (Å²) in [5, 5.41) is 0.979. The molecule has 1 amide bonds. The first-order valence-electron chi connectivity index (χ1n) is 7.17. The summed E-state index contributed by atoms with van der Waals surface area (Å²) in [6.07, 6.45) is 0.962. The summed E-state index contributed by atoms with van der Waals surface area (Å²) in [5.41, 5.74) is 7.97. The van der Waals surface area contributed by atoms with Crippen LogP contribution < -0.4 is 5.73 Å². The van der Waals surface area contributed by atoms with Crippen LogP contribution in [-0.2, 0) is 4.74 Å². The molecule has 2 N–H and O–H groups in total. The zero-order valence-corrected chi connectivity index (χ0v) is 13.4. The van der Waals surface area contributed by atoms with Gasteiger partial charge < -0.3 is 15.4 Å². The first kappa shape index (κ1) is 14.4. The summed E-state index contributed by atoms with van der Waals surface area (Å²) in [7, 11) is 1.84. The van der Waals surface area contributed by atoms with Crippen LogP contribution in [0.4, 0.5) is 5.69 Å². The Labute approximate surface area is 128 Å². The number of fused-ring (bicyclic) bond motifs is 1. The van der Waals surface area contributed by atoms with Crippen LogP contribution in [0.3, 0.4) is 0 Å². The van der Waals surface area contributed by atoms with Crippen molar-refractivity contribution in [2.24, 2.45) is 0 Å². The Hall–Kier alpha value is -1.59. The van der Waals surface area contributed by atoms with Crippen LogP contribution in [0.1, 0.15) is 28.6 Å². The maximum absolute atomic E-state index is 12.8. The first-order valence-corrected chi connectivity index (χ1v) is 7.98. The van der Waals surface area contributed by atoms with Gasteiger partial charge in [-0.15, -0.1) is 11.3 Å². The van der Waals surface area contributed by atoms with E-state index < -0.39 is 0 Å². The molecule has 0 spiro atoms. The second-order valence-electron chi connectivity index (χ2n) is 5.64. The molecule has 21 heavy (non-hydrogen) atoms. The number of nitrogen functional groups attached to an aromatic ring is 1. The van der Waals surface area contributed by atoms with Gasteiger partial charge in [-0.05, 0) is 25.8 Å². The lowest BCUT2D eigenvalue weighted by Crippen LogP contribution is -2.40. The van der Waals surface area contributed by atoms with Gasteiger partial charge in [-0.25, -0.2) is 0 Å². The number of hydrogen-bond donors (Lipinski definition) is 1. The third-order valence-electron chi connectivity index (χ3n) is 4.30. The number of rotatable bonds is 2. The highest BCUT2D eigenvalue weighted by molar-refractivity contribution is 7.21. The summed E-state index contributed by atoms with van der Waals surface area (Å²) in [5.74, 6) is -0.00421. The Morgan fingerprint density at radius 3 is 2.86 bits per heavy atom. The molecule has 3 rings (SSSR count). The van der Waals surface area contributed by atoms with Crippen LogP contribution in [-0.4, -0.2) is 36.6 Å². The van der Waals surface area contributed by atoms with E-state index in [9.17, 15) is 4.79 Å². The van der Waals surface area contributed by atoms with Crippen LogP contribution in [0.2, 0.25) is 0 Å². The monoisotopic (exact) mass is 304 g/mol. The summed E-state index contributed by atoms with van der Waals surface area (Å²) < 4.78 is 6.66. The van der Waals surface area contributed by atoms with Gasteiger partial charge in [-0.1, -0.05) is 18.2 Å². The lowest BCUT2D eigenvalue weighted by molar-refractivity contribution is 0.0579. The highest BCUT2D eigenvalue weighted by atomic mass is 32.1. The van der Waals surface area contributed by atoms with E-state index in [0.29, 0.717) is 17.2 Å². The Kier molecular flexibility index (Phi) is 3.63. The minimum Gasteiger partial charge on any atom is -0.397 e. The number of anilines is 1. The fourth-order valence-corrected chi connectivity index (χ4v) is 4.15. The maximum Gasteiger partial charge on any atom is 0.266 e. The van der Waals surface area contributed by atoms with Gasteiger partial charge in [0.2, 0.25) is 0 Å². The minimum absolute atomic E-state index is 0.00421. The summed E-state index contributed by atoms with van der Waals surface area (Å²) in [4.78, 5) is 15.2. The third-order valence-corrected chi connectivity index (χ3v) is 5.64. The summed E-state index contributed by atoms with van der Waals surface area (Å²) >= 11 is 1.49. The van der Waals surface area contributed by atoms with Gasteiger partial charge in [-0.3, -0.25) is 4.79 Å². The molecule has 2 heterocycles. The van der Waals surface area contributed by atoms with Crippen LogP contribution in [0.15, 0.2) is 18.2 Å². The van der Waals surface area contributed by atoms with Crippen molar-refractivity contribution in [2.75, 3.05) is 19.4 Å². The van der Waals surface area contributed by atoms with E-state index in [4.69, 9.17) is 10.5 Å². The molecule has 2 aromatic rings. The van der Waals surface area contributed by atoms with Gasteiger partial charge in [0.05, 0.1) is 17.8 Å². The van der Waals surface area contributed by atoms with Crippen molar-refractivity contribution in [1.82, 2.24) is 4.90 Å². The van der Waals surface area contributed by atoms with E-state index in [1.54, 1.807) is 4.90 Å². The fourth-order valence-electron chi connectivity index (χ4n) is 2.98. The Morgan fingerprint density at radius 1 is 1.48 bits per heavy atom. The average Bonchev–Trinajstić information content (AvgIpc) is 3.03. The quantitative estimate of drug-likeness (QED) is 0.928. The van der Waals surface area contributed by atoms with E-state index >= 15 is 0 Å². The van der Waals surface area contributed by atoms with Gasteiger partial charge in [-0.2, -0.15) is 0 Å². The number of amides is 1. The molecule has 1 aliphatic rings. The normalized spacial score (nSPS) is 21.9. The number of likely N-dealkylation sites (N-methyl/N-ethyl adjacent to an activating group) is 1. The largest absolute Gasteiger partial charge is 0.397 e. The first-order chi connectivity index (χ1) is 10.0. The molecular formula is C16H20N2O2S. The van der Waals surface area contributed by atoms with Crippen molar-refractivity contribution < 1.29 is 9.53 Å². The molecule has 1 aromatic carbocycles. The number of benzene rings is 1. The zero-order chi connectivity index (χ0) is 15.1. The lowest BCUT2D eigenvalue weighted by Gasteiger charge is -2.26. The van der Waals surface area contributed by atoms with Crippen LogP contribution in [0, 0.1) is 6.92 Å². The molecule has 1 fully saturated rings. The predicted molar refractivity (Wildman–Crippen MR) is 86.9 cm³/mol. The molecule has 1 saturated heterocycles. The number of hydrogen-bond acceptors (Lipinski definition) is 4. The maximum atomic E-state index is 12.8. The van der Waals surface area contributed by atoms with Gasteiger partial charge in [0.15, 0.2) is 0 Å². The number of thiophene rings is 1. The molecule has 1 aromatic heterocycles. The summed E-state index contributed by atoms with van der Waals surface area (Å²) in [6, 6.07) is 6.13. The SMILES string of the molecule is Cc1cccc2c(N)c(C(=O)N(C)C3CCOC3C)sc12. The van der Waals surface area contributed by atoms with E-state index in [0.717, 1.165) is 22.1 Å². The second-order valence-corrected chi connectivity index (χ2v) is 6.67. The zero-order valence-electron chi connectivity index (χ0n) is 12.6. The number of aryl methyl sites for hydroxylation is 1. The predicted octanol–water partition coefficient (Wildman–Crippen LogP) is 3.04. The van der Waals surface area contributed by atoms with E-state index in [1.807, 2.05) is 39.1 Å². The van der Waals surface area contributed by atoms with Crippen molar-refractivity contribution in [3.63, 3.8) is 0 Å². The number of ether oxygens (including phenoxy) is 1. The molecule has 0 bridgehead atoms. The summed E-state index contributed by atoms with van der Waals surface area (Å²) in [6.45, 7) is 4.77. The van der Waals surface area contributed by atoms with Gasteiger partial charge in [0.1, 0.15) is 4.88 Å². The molecule has 0 aliphatic carbocycles. The van der Waals surface area contributed by atoms with E-state index in [1.165, 1.54) is 11.3 Å². The molecule has 0 radical (unpaired) electrons. The van der Waals surface area contributed by atoms with Gasteiger partial charge in [0.25, 0.3) is 5.91 Å². The highest BCUT2D eigenvalue weighted by Crippen LogP contribution is 2.36. The number of nitrogens with zero attached hydrogens (tertiary/aromatic N) is 1. The van der Waals surface area contributed by atoms with E-state index in [2.05, 4.69) is 0 Å². The number of nitrogens with two attached hydrogens (primary N) is 1. The smallest absolute Gasteiger partial charge is 0.266 e. The average molecular weight is 304 g/mol. The minimum atomic E-state index is -0.00421. The Morgan fingerprint density at radius 2 is 2.24 bits per heavy atom. The molecule has 112 valence electrons. The van der Waals surface area contributed by atoms with Crippen LogP contribution in [0.25, 0.3) is 10.1 Å². The molecule has 0 saturated carbocycles. The number of carbonyl (C=O) groups excluding carboxylic acids is 1. The van der Waals surface area contributed by atoms with Gasteiger partial charge >= 0.3 is 0 Å². The van der Waals surface area contributed by atoms with E-state index in [-0.39, 0.29) is 18.1 Å². The van der Waals surface area contributed by atoms with Gasteiger partial charge in [0, 0.05) is 23.7 Å². The molecule has 2 atom stereocenters. The molecule has 2 unspecified atom stereocenters. The number of carbonyl (C=O) groups is 1. The standard InChI is InChI=1S/C16H20N2O2S/c1-9-5-4-6-11-13(17)15(21-14(9)11)16(19)18(3)12-7-8-20-10(12)2/h4-6,10,12H,7-8,17H2,1-3H3. The topological polar surface area (TPSA) is 55.6 Å². The van der Waals surface area contributed by atoms with Crippen LogP contribution in [0.5, 0.6) is 0 Å². The molecule has 5 heteroatoms. The second kappa shape index (κ2) is 5.31.